The van der Waals surface area contributed by atoms with E-state index in [1.807, 2.05) is 0 Å². The van der Waals surface area contributed by atoms with Crippen LogP contribution in [0.4, 0.5) is 15.0 Å². The highest BCUT2D eigenvalue weighted by atomic mass is 19.1. The molecule has 1 amide bonds. The van der Waals surface area contributed by atoms with Crippen molar-refractivity contribution in [2.24, 2.45) is 0 Å². The van der Waals surface area contributed by atoms with Crippen LogP contribution in [0.1, 0.15) is 26.5 Å². The minimum atomic E-state index is -0.584. The Balaban J connectivity index is 2.26. The summed E-state index contributed by atoms with van der Waals surface area (Å²) < 4.78 is 19.9. The number of amides is 1. The van der Waals surface area contributed by atoms with Gasteiger partial charge in [-0.05, 0) is 39.8 Å². The second-order valence-electron chi connectivity index (χ2n) is 5.25. The molecule has 2 aromatic heterocycles. The number of carbonyl (C=O) groups is 1. The number of nitrogens with one attached hydrogen (secondary N) is 1. The molecular weight excluding hydrogens is 249 g/mol. The molecule has 2 heterocycles. The van der Waals surface area contributed by atoms with E-state index in [0.717, 1.165) is 0 Å². The molecule has 0 spiro atoms. The molecule has 0 atom stereocenters. The second kappa shape index (κ2) is 4.53. The summed E-state index contributed by atoms with van der Waals surface area (Å²) in [5, 5.41) is 2.56. The number of rotatable bonds is 1. The number of anilines is 1. The Hall–Kier alpha value is -2.11. The lowest BCUT2D eigenvalue weighted by Crippen LogP contribution is -2.27. The third kappa shape index (κ3) is 3.01. The van der Waals surface area contributed by atoms with Gasteiger partial charge in [0.25, 0.3) is 0 Å². The number of aryl methyl sites for hydroxylation is 1. The predicted molar refractivity (Wildman–Crippen MR) is 69.7 cm³/mol. The number of imidazole rings is 1. The first-order chi connectivity index (χ1) is 8.76. The molecule has 0 aliphatic carbocycles. The average Bonchev–Trinajstić information content (AvgIpc) is 2.54. The molecule has 2 aromatic rings. The third-order valence-corrected chi connectivity index (χ3v) is 2.44. The molecule has 0 saturated heterocycles. The smallest absolute Gasteiger partial charge is 0.413 e. The highest BCUT2D eigenvalue weighted by molar-refractivity contribution is 5.85. The first-order valence-corrected chi connectivity index (χ1v) is 5.90. The maximum absolute atomic E-state index is 13.2. The van der Waals surface area contributed by atoms with Gasteiger partial charge in [0.15, 0.2) is 5.82 Å². The maximum Gasteiger partial charge on any atom is 0.413 e. The topological polar surface area (TPSA) is 55.6 Å². The summed E-state index contributed by atoms with van der Waals surface area (Å²) in [5.74, 6) is -0.00309. The number of pyridine rings is 1. The van der Waals surface area contributed by atoms with Crippen molar-refractivity contribution in [1.82, 2.24) is 9.38 Å². The van der Waals surface area contributed by atoms with E-state index < -0.39 is 11.7 Å². The Morgan fingerprint density at radius 2 is 2.11 bits per heavy atom. The molecule has 6 heteroatoms. The highest BCUT2D eigenvalue weighted by Gasteiger charge is 2.18. The van der Waals surface area contributed by atoms with Gasteiger partial charge in [-0.3, -0.25) is 9.72 Å². The van der Waals surface area contributed by atoms with E-state index in [1.54, 1.807) is 38.2 Å². The number of halogens is 1. The number of hydrogen-bond acceptors (Lipinski definition) is 3. The average molecular weight is 265 g/mol. The fourth-order valence-electron chi connectivity index (χ4n) is 1.65. The van der Waals surface area contributed by atoms with Crippen LogP contribution in [0.3, 0.4) is 0 Å². The van der Waals surface area contributed by atoms with Crippen LogP contribution in [-0.4, -0.2) is 21.1 Å². The summed E-state index contributed by atoms with van der Waals surface area (Å²) in [6.07, 6.45) is 0.734. The zero-order valence-corrected chi connectivity index (χ0v) is 11.3. The molecule has 1 N–H and O–H groups in total. The number of ether oxygens (including phenoxy) is 1. The third-order valence-electron chi connectivity index (χ3n) is 2.44. The van der Waals surface area contributed by atoms with E-state index in [1.165, 1.54) is 12.3 Å². The number of fused-ring (bicyclic) bond motifs is 1. The van der Waals surface area contributed by atoms with E-state index in [4.69, 9.17) is 4.74 Å². The number of aromatic nitrogens is 2. The fourth-order valence-corrected chi connectivity index (χ4v) is 1.65. The first-order valence-electron chi connectivity index (χ1n) is 5.90. The highest BCUT2D eigenvalue weighted by Crippen LogP contribution is 2.18. The van der Waals surface area contributed by atoms with E-state index in [0.29, 0.717) is 17.2 Å². The number of carbonyl (C=O) groups excluding carboxylic acids is 1. The van der Waals surface area contributed by atoms with E-state index in [-0.39, 0.29) is 5.82 Å². The van der Waals surface area contributed by atoms with Gasteiger partial charge in [0.05, 0.1) is 5.69 Å². The van der Waals surface area contributed by atoms with Gasteiger partial charge in [0, 0.05) is 6.20 Å². The Kier molecular flexibility index (Phi) is 3.18. The molecule has 0 fully saturated rings. The summed E-state index contributed by atoms with van der Waals surface area (Å²) in [7, 11) is 0. The molecule has 0 bridgehead atoms. The first kappa shape index (κ1) is 13.3. The van der Waals surface area contributed by atoms with Crippen LogP contribution in [0, 0.1) is 12.7 Å². The standard InChI is InChI=1S/C13H16FN3O2/c1-8-11(16-12(18)19-13(2,3)4)15-10-6-5-9(14)7-17(8)10/h5-7H,1-4H3,(H,16,18). The monoisotopic (exact) mass is 265 g/mol. The van der Waals surface area contributed by atoms with Gasteiger partial charge in [-0.2, -0.15) is 0 Å². The maximum atomic E-state index is 13.2. The molecule has 2 rings (SSSR count). The molecule has 0 aliphatic rings. The molecule has 5 nitrogen and oxygen atoms in total. The van der Waals surface area contributed by atoms with Crippen molar-refractivity contribution in [3.63, 3.8) is 0 Å². The van der Waals surface area contributed by atoms with E-state index >= 15 is 0 Å². The van der Waals surface area contributed by atoms with Gasteiger partial charge >= 0.3 is 6.09 Å². The minimum absolute atomic E-state index is 0.361. The molecular formula is C13H16FN3O2. The quantitative estimate of drug-likeness (QED) is 0.861. The van der Waals surface area contributed by atoms with Crippen LogP contribution >= 0.6 is 0 Å². The van der Waals surface area contributed by atoms with Crippen molar-refractivity contribution in [1.29, 1.82) is 0 Å². The Morgan fingerprint density at radius 1 is 1.42 bits per heavy atom. The van der Waals surface area contributed by atoms with Crippen molar-refractivity contribution < 1.29 is 13.9 Å². The fraction of sp³-hybridized carbons (Fsp3) is 0.385. The molecule has 19 heavy (non-hydrogen) atoms. The summed E-state index contributed by atoms with van der Waals surface area (Å²) >= 11 is 0. The molecule has 0 saturated carbocycles. The van der Waals surface area contributed by atoms with Gasteiger partial charge in [-0.25, -0.2) is 14.2 Å². The number of nitrogens with zero attached hydrogens (tertiary/aromatic N) is 2. The number of hydrogen-bond donors (Lipinski definition) is 1. The predicted octanol–water partition coefficient (Wildman–Crippen LogP) is 3.13. The molecule has 0 radical (unpaired) electrons. The Bertz CT molecular complexity index is 629. The van der Waals surface area contributed by atoms with Crippen molar-refractivity contribution in [2.75, 3.05) is 5.32 Å². The van der Waals surface area contributed by atoms with E-state index in [2.05, 4.69) is 10.3 Å². The van der Waals surface area contributed by atoms with Crippen LogP contribution < -0.4 is 5.32 Å². The molecule has 0 aliphatic heterocycles. The zero-order valence-electron chi connectivity index (χ0n) is 11.3. The second-order valence-corrected chi connectivity index (χ2v) is 5.25. The lowest BCUT2D eigenvalue weighted by atomic mass is 10.2. The van der Waals surface area contributed by atoms with Crippen molar-refractivity contribution >= 4 is 17.6 Å². The summed E-state index contributed by atoms with van der Waals surface area (Å²) in [6, 6.07) is 2.86. The van der Waals surface area contributed by atoms with Gasteiger partial charge in [-0.1, -0.05) is 0 Å². The van der Waals surface area contributed by atoms with Crippen LogP contribution in [0.15, 0.2) is 18.3 Å². The molecule has 102 valence electrons. The Morgan fingerprint density at radius 3 is 2.74 bits per heavy atom. The van der Waals surface area contributed by atoms with E-state index in [9.17, 15) is 9.18 Å². The normalized spacial score (nSPS) is 11.6. The summed E-state index contributed by atoms with van der Waals surface area (Å²) in [5.41, 5.74) is 0.619. The summed E-state index contributed by atoms with van der Waals surface area (Å²) in [4.78, 5) is 15.9. The molecule has 0 unspecified atom stereocenters. The zero-order chi connectivity index (χ0) is 14.2. The lowest BCUT2D eigenvalue weighted by molar-refractivity contribution is 0.0635. The van der Waals surface area contributed by atoms with Gasteiger partial charge < -0.3 is 4.74 Å². The van der Waals surface area contributed by atoms with Crippen LogP contribution in [-0.2, 0) is 4.74 Å². The molecule has 0 aromatic carbocycles. The van der Waals surface area contributed by atoms with Crippen LogP contribution in [0.2, 0.25) is 0 Å². The minimum Gasteiger partial charge on any atom is -0.444 e. The van der Waals surface area contributed by atoms with Crippen molar-refractivity contribution in [3.8, 4) is 0 Å². The Labute approximate surface area is 110 Å². The van der Waals surface area contributed by atoms with Crippen LogP contribution in [0.25, 0.3) is 5.65 Å². The van der Waals surface area contributed by atoms with Crippen LogP contribution in [0.5, 0.6) is 0 Å². The van der Waals surface area contributed by atoms with Gasteiger partial charge in [-0.15, -0.1) is 0 Å². The van der Waals surface area contributed by atoms with Gasteiger partial charge in [0.1, 0.15) is 17.1 Å². The lowest BCUT2D eigenvalue weighted by Gasteiger charge is -2.19. The largest absolute Gasteiger partial charge is 0.444 e. The van der Waals surface area contributed by atoms with Gasteiger partial charge in [0.2, 0.25) is 0 Å². The van der Waals surface area contributed by atoms with Crippen molar-refractivity contribution in [3.05, 3.63) is 29.8 Å². The summed E-state index contributed by atoms with van der Waals surface area (Å²) in [6.45, 7) is 7.07. The van der Waals surface area contributed by atoms with Crippen molar-refractivity contribution in [2.45, 2.75) is 33.3 Å². The SMILES string of the molecule is Cc1c(NC(=O)OC(C)(C)C)nc2ccc(F)cn12.